The van der Waals surface area contributed by atoms with Crippen LogP contribution in [0.5, 0.6) is 0 Å². The topological polar surface area (TPSA) is 98.0 Å². The van der Waals surface area contributed by atoms with E-state index < -0.39 is 30.2 Å². The van der Waals surface area contributed by atoms with Crippen molar-refractivity contribution in [2.45, 2.75) is 50.4 Å². The number of benzene rings is 1. The number of carboxylic acids is 1. The molecule has 0 heterocycles. The lowest BCUT2D eigenvalue weighted by molar-refractivity contribution is -0.139. The van der Waals surface area contributed by atoms with E-state index in [0.717, 1.165) is 5.56 Å². The molecule has 2 rings (SSSR count). The Kier molecular flexibility index (Phi) is 5.94. The number of aliphatic carboxylic acids is 1. The molecule has 0 saturated heterocycles. The van der Waals surface area contributed by atoms with Crippen molar-refractivity contribution >= 4 is 5.97 Å². The van der Waals surface area contributed by atoms with Gasteiger partial charge in [-0.2, -0.15) is 0 Å². The van der Waals surface area contributed by atoms with Crippen LogP contribution in [0.25, 0.3) is 0 Å². The molecule has 22 heavy (non-hydrogen) atoms. The lowest BCUT2D eigenvalue weighted by Gasteiger charge is -2.23. The molecule has 0 bridgehead atoms. The van der Waals surface area contributed by atoms with E-state index in [1.54, 1.807) is 0 Å². The highest BCUT2D eigenvalue weighted by Crippen LogP contribution is 2.38. The Morgan fingerprint density at radius 1 is 1.14 bits per heavy atom. The van der Waals surface area contributed by atoms with Gasteiger partial charge in [-0.15, -0.1) is 0 Å². The Balaban J connectivity index is 1.87. The highest BCUT2D eigenvalue weighted by molar-refractivity contribution is 5.67. The number of hydrogen-bond acceptors (Lipinski definition) is 4. The minimum Gasteiger partial charge on any atom is -0.481 e. The largest absolute Gasteiger partial charge is 0.481 e. The minimum atomic E-state index is -0.965. The first-order valence-electron chi connectivity index (χ1n) is 7.77. The van der Waals surface area contributed by atoms with Gasteiger partial charge in [-0.25, -0.2) is 0 Å². The zero-order chi connectivity index (χ0) is 16.1. The van der Waals surface area contributed by atoms with Gasteiger partial charge in [0.25, 0.3) is 0 Å². The Morgan fingerprint density at radius 3 is 2.41 bits per heavy atom. The summed E-state index contributed by atoms with van der Waals surface area (Å²) < 4.78 is 0. The van der Waals surface area contributed by atoms with Gasteiger partial charge in [0.1, 0.15) is 0 Å². The number of carbonyl (C=O) groups is 1. The molecule has 0 aliphatic heterocycles. The second-order valence-electron chi connectivity index (χ2n) is 6.22. The van der Waals surface area contributed by atoms with E-state index in [4.69, 9.17) is 5.11 Å². The molecule has 4 N–H and O–H groups in total. The number of rotatable bonds is 7. The van der Waals surface area contributed by atoms with Gasteiger partial charge < -0.3 is 20.4 Å². The van der Waals surface area contributed by atoms with Gasteiger partial charge in [-0.05, 0) is 37.2 Å². The van der Waals surface area contributed by atoms with E-state index in [1.165, 1.54) is 0 Å². The van der Waals surface area contributed by atoms with Gasteiger partial charge in [0, 0.05) is 5.92 Å². The van der Waals surface area contributed by atoms with Crippen molar-refractivity contribution in [1.29, 1.82) is 0 Å². The van der Waals surface area contributed by atoms with Crippen molar-refractivity contribution in [3.63, 3.8) is 0 Å². The third kappa shape index (κ3) is 4.53. The summed E-state index contributed by atoms with van der Waals surface area (Å²) in [6.07, 6.45) is -0.377. The van der Waals surface area contributed by atoms with Crippen LogP contribution in [0.3, 0.4) is 0 Å². The molecule has 5 atom stereocenters. The van der Waals surface area contributed by atoms with Crippen LogP contribution in [-0.2, 0) is 11.2 Å². The first-order chi connectivity index (χ1) is 10.5. The van der Waals surface area contributed by atoms with Crippen molar-refractivity contribution in [2.24, 2.45) is 11.8 Å². The van der Waals surface area contributed by atoms with E-state index in [-0.39, 0.29) is 18.8 Å². The summed E-state index contributed by atoms with van der Waals surface area (Å²) in [6.45, 7) is 0. The van der Waals surface area contributed by atoms with Crippen molar-refractivity contribution in [3.05, 3.63) is 35.9 Å². The highest BCUT2D eigenvalue weighted by Gasteiger charge is 2.42. The fraction of sp³-hybridized carbons (Fsp3) is 0.588. The van der Waals surface area contributed by atoms with Crippen molar-refractivity contribution in [1.82, 2.24) is 0 Å². The molecule has 0 amide bonds. The molecule has 1 aliphatic carbocycles. The Labute approximate surface area is 130 Å². The van der Waals surface area contributed by atoms with E-state index in [0.29, 0.717) is 19.3 Å². The summed E-state index contributed by atoms with van der Waals surface area (Å²) in [6, 6.07) is 9.65. The normalized spacial score (nSPS) is 29.4. The average Bonchev–Trinajstić information content (AvgIpc) is 2.71. The Bertz CT molecular complexity index is 475. The van der Waals surface area contributed by atoms with Crippen molar-refractivity contribution in [3.8, 4) is 0 Å². The monoisotopic (exact) mass is 308 g/mol. The molecule has 1 aliphatic rings. The van der Waals surface area contributed by atoms with Crippen LogP contribution in [0.15, 0.2) is 30.3 Å². The fourth-order valence-electron chi connectivity index (χ4n) is 3.44. The molecule has 1 saturated carbocycles. The SMILES string of the molecule is O=C(O)C[C@H]1[C@H](CCC(O)Cc2ccccc2)[C@@H](O)C[C@H]1O. The first-order valence-corrected chi connectivity index (χ1v) is 7.77. The third-order valence-electron chi connectivity index (χ3n) is 4.58. The minimum absolute atomic E-state index is 0.141. The molecule has 1 unspecified atom stereocenters. The number of aliphatic hydroxyl groups is 3. The first kappa shape index (κ1) is 16.9. The molecule has 5 heteroatoms. The molecule has 1 fully saturated rings. The number of aliphatic hydroxyl groups excluding tert-OH is 3. The van der Waals surface area contributed by atoms with Crippen LogP contribution in [0.1, 0.15) is 31.2 Å². The summed E-state index contributed by atoms with van der Waals surface area (Å²) in [5.74, 6) is -1.67. The van der Waals surface area contributed by atoms with Crippen LogP contribution in [0, 0.1) is 11.8 Å². The highest BCUT2D eigenvalue weighted by atomic mass is 16.4. The number of carboxylic acid groups (broad SMARTS) is 1. The molecular weight excluding hydrogens is 284 g/mol. The zero-order valence-corrected chi connectivity index (χ0v) is 12.5. The van der Waals surface area contributed by atoms with E-state index in [1.807, 2.05) is 30.3 Å². The summed E-state index contributed by atoms with van der Waals surface area (Å²) in [5, 5.41) is 39.0. The maximum absolute atomic E-state index is 10.9. The quantitative estimate of drug-likeness (QED) is 0.607. The van der Waals surface area contributed by atoms with Gasteiger partial charge in [0.2, 0.25) is 0 Å². The van der Waals surface area contributed by atoms with Gasteiger partial charge in [0.05, 0.1) is 24.7 Å². The molecule has 1 aromatic carbocycles. The van der Waals surface area contributed by atoms with E-state index in [9.17, 15) is 20.1 Å². The van der Waals surface area contributed by atoms with Gasteiger partial charge in [-0.3, -0.25) is 4.79 Å². The molecular formula is C17H24O5. The van der Waals surface area contributed by atoms with E-state index >= 15 is 0 Å². The third-order valence-corrected chi connectivity index (χ3v) is 4.58. The van der Waals surface area contributed by atoms with Crippen LogP contribution in [0.2, 0.25) is 0 Å². The maximum Gasteiger partial charge on any atom is 0.303 e. The summed E-state index contributed by atoms with van der Waals surface area (Å²) in [7, 11) is 0. The standard InChI is InChI=1S/C17H24O5/c18-12(8-11-4-2-1-3-5-11)6-7-13-14(9-17(21)22)16(20)10-15(13)19/h1-5,12-16,18-20H,6-10H2,(H,21,22)/t12?,13-,14-,15-,16+/m0/s1. The van der Waals surface area contributed by atoms with Gasteiger partial charge in [0.15, 0.2) is 0 Å². The fourth-order valence-corrected chi connectivity index (χ4v) is 3.44. The van der Waals surface area contributed by atoms with Crippen LogP contribution in [0.4, 0.5) is 0 Å². The molecule has 0 aromatic heterocycles. The van der Waals surface area contributed by atoms with Crippen LogP contribution >= 0.6 is 0 Å². The zero-order valence-electron chi connectivity index (χ0n) is 12.5. The van der Waals surface area contributed by atoms with Crippen LogP contribution in [-0.4, -0.2) is 44.7 Å². The molecule has 0 radical (unpaired) electrons. The Morgan fingerprint density at radius 2 is 1.77 bits per heavy atom. The predicted octanol–water partition coefficient (Wildman–Crippen LogP) is 1.20. The van der Waals surface area contributed by atoms with Crippen molar-refractivity contribution in [2.75, 3.05) is 0 Å². The molecule has 122 valence electrons. The second-order valence-corrected chi connectivity index (χ2v) is 6.22. The number of hydrogen-bond donors (Lipinski definition) is 4. The van der Waals surface area contributed by atoms with Crippen molar-refractivity contribution < 1.29 is 25.2 Å². The maximum atomic E-state index is 10.9. The molecule has 5 nitrogen and oxygen atoms in total. The summed E-state index contributed by atoms with van der Waals surface area (Å²) in [4.78, 5) is 10.9. The predicted molar refractivity (Wildman–Crippen MR) is 81.3 cm³/mol. The average molecular weight is 308 g/mol. The second kappa shape index (κ2) is 7.72. The summed E-state index contributed by atoms with van der Waals surface area (Å²) in [5.41, 5.74) is 1.05. The van der Waals surface area contributed by atoms with Gasteiger partial charge in [-0.1, -0.05) is 30.3 Å². The molecule has 1 aromatic rings. The lowest BCUT2D eigenvalue weighted by Crippen LogP contribution is -2.26. The smallest absolute Gasteiger partial charge is 0.303 e. The lowest BCUT2D eigenvalue weighted by atomic mass is 9.86. The summed E-state index contributed by atoms with van der Waals surface area (Å²) >= 11 is 0. The van der Waals surface area contributed by atoms with E-state index in [2.05, 4.69) is 0 Å². The van der Waals surface area contributed by atoms with Gasteiger partial charge >= 0.3 is 5.97 Å². The molecule has 0 spiro atoms. The Hall–Kier alpha value is -1.43. The van der Waals surface area contributed by atoms with Crippen LogP contribution < -0.4 is 0 Å².